The van der Waals surface area contributed by atoms with Crippen molar-refractivity contribution in [2.45, 2.75) is 26.4 Å². The van der Waals surface area contributed by atoms with Crippen LogP contribution in [0.5, 0.6) is 5.75 Å². The fourth-order valence-electron chi connectivity index (χ4n) is 3.04. The minimum Gasteiger partial charge on any atom is -0.478 e. The summed E-state index contributed by atoms with van der Waals surface area (Å²) >= 11 is 0. The number of amides is 2. The molecule has 1 aliphatic heterocycles. The molecule has 0 spiro atoms. The van der Waals surface area contributed by atoms with Crippen molar-refractivity contribution in [1.29, 1.82) is 0 Å². The van der Waals surface area contributed by atoms with E-state index in [1.807, 2.05) is 0 Å². The third-order valence-corrected chi connectivity index (χ3v) is 4.49. The lowest BCUT2D eigenvalue weighted by Gasteiger charge is -2.25. The number of hydrogen-bond acceptors (Lipinski definition) is 5. The summed E-state index contributed by atoms with van der Waals surface area (Å²) in [6.07, 6.45) is -0.355. The number of aryl methyl sites for hydroxylation is 1. The third-order valence-electron chi connectivity index (χ3n) is 4.49. The summed E-state index contributed by atoms with van der Waals surface area (Å²) in [6.45, 7) is 4.81. The topological polar surface area (TPSA) is 75.9 Å². The number of halogens is 2. The lowest BCUT2D eigenvalue weighted by molar-refractivity contribution is -0.137. The standard InChI is InChI=1S/C19H21F2N3O4/c1-12-10-16(22-28-12)19(26)24-7-3-6-23(8-9-24)18(25)13(2)27-17-5-4-14(20)11-15(17)21/h4-5,10-11,13H,3,6-9H2,1-2H3. The van der Waals surface area contributed by atoms with E-state index in [9.17, 15) is 18.4 Å². The number of ether oxygens (including phenoxy) is 1. The Morgan fingerprint density at radius 1 is 1.14 bits per heavy atom. The first-order chi connectivity index (χ1) is 13.3. The molecule has 0 radical (unpaired) electrons. The van der Waals surface area contributed by atoms with Crippen molar-refractivity contribution < 1.29 is 27.6 Å². The van der Waals surface area contributed by atoms with Crippen molar-refractivity contribution in [3.63, 3.8) is 0 Å². The van der Waals surface area contributed by atoms with Crippen LogP contribution in [-0.4, -0.2) is 59.1 Å². The van der Waals surface area contributed by atoms with Gasteiger partial charge in [-0.3, -0.25) is 9.59 Å². The van der Waals surface area contributed by atoms with Crippen molar-refractivity contribution >= 4 is 11.8 Å². The molecule has 1 unspecified atom stereocenters. The van der Waals surface area contributed by atoms with Gasteiger partial charge in [0.1, 0.15) is 11.6 Å². The largest absolute Gasteiger partial charge is 0.478 e. The molecule has 3 rings (SSSR count). The summed E-state index contributed by atoms with van der Waals surface area (Å²) in [7, 11) is 0. The third kappa shape index (κ3) is 4.47. The van der Waals surface area contributed by atoms with Crippen LogP contribution in [0.1, 0.15) is 29.6 Å². The molecular formula is C19H21F2N3O4. The van der Waals surface area contributed by atoms with E-state index < -0.39 is 17.7 Å². The van der Waals surface area contributed by atoms with E-state index in [-0.39, 0.29) is 23.3 Å². The molecule has 1 fully saturated rings. The summed E-state index contributed by atoms with van der Waals surface area (Å²) in [5.74, 6) is -1.79. The van der Waals surface area contributed by atoms with E-state index in [1.54, 1.807) is 22.8 Å². The van der Waals surface area contributed by atoms with E-state index in [0.717, 1.165) is 12.1 Å². The predicted octanol–water partition coefficient (Wildman–Crippen LogP) is 2.40. The van der Waals surface area contributed by atoms with E-state index >= 15 is 0 Å². The Bertz CT molecular complexity index is 871. The first kappa shape index (κ1) is 19.8. The van der Waals surface area contributed by atoms with E-state index in [2.05, 4.69) is 5.16 Å². The molecule has 2 aromatic rings. The smallest absolute Gasteiger partial charge is 0.276 e. The number of hydrogen-bond donors (Lipinski definition) is 0. The monoisotopic (exact) mass is 393 g/mol. The van der Waals surface area contributed by atoms with Gasteiger partial charge < -0.3 is 19.1 Å². The summed E-state index contributed by atoms with van der Waals surface area (Å²) in [6, 6.07) is 4.49. The molecule has 1 aromatic heterocycles. The molecular weight excluding hydrogens is 372 g/mol. The molecule has 7 nitrogen and oxygen atoms in total. The fraction of sp³-hybridized carbons (Fsp3) is 0.421. The Hall–Kier alpha value is -2.97. The van der Waals surface area contributed by atoms with Crippen molar-refractivity contribution in [1.82, 2.24) is 15.0 Å². The van der Waals surface area contributed by atoms with Crippen molar-refractivity contribution in [2.24, 2.45) is 0 Å². The molecule has 9 heteroatoms. The van der Waals surface area contributed by atoms with Crippen molar-refractivity contribution in [3.8, 4) is 5.75 Å². The zero-order valence-corrected chi connectivity index (χ0v) is 15.7. The second-order valence-electron chi connectivity index (χ2n) is 6.63. The number of carbonyl (C=O) groups is 2. The van der Waals surface area contributed by atoms with Crippen LogP contribution < -0.4 is 4.74 Å². The van der Waals surface area contributed by atoms with Crippen LogP contribution in [0.25, 0.3) is 0 Å². The molecule has 1 aliphatic rings. The molecule has 1 saturated heterocycles. The first-order valence-corrected chi connectivity index (χ1v) is 8.98. The van der Waals surface area contributed by atoms with Gasteiger partial charge in [0.25, 0.3) is 11.8 Å². The van der Waals surface area contributed by atoms with Crippen LogP contribution in [-0.2, 0) is 4.79 Å². The van der Waals surface area contributed by atoms with Crippen LogP contribution in [0.2, 0.25) is 0 Å². The summed E-state index contributed by atoms with van der Waals surface area (Å²) < 4.78 is 37.0. The molecule has 0 N–H and O–H groups in total. The fourth-order valence-corrected chi connectivity index (χ4v) is 3.04. The normalized spacial score (nSPS) is 15.9. The van der Waals surface area contributed by atoms with Gasteiger partial charge in [-0.2, -0.15) is 0 Å². The van der Waals surface area contributed by atoms with Crippen molar-refractivity contribution in [2.75, 3.05) is 26.2 Å². The van der Waals surface area contributed by atoms with E-state index in [0.29, 0.717) is 44.4 Å². The van der Waals surface area contributed by atoms with Crippen LogP contribution in [0.3, 0.4) is 0 Å². The Balaban J connectivity index is 1.59. The Kier molecular flexibility index (Phi) is 5.91. The van der Waals surface area contributed by atoms with E-state index in [1.165, 1.54) is 6.92 Å². The lowest BCUT2D eigenvalue weighted by atomic mass is 10.3. The first-order valence-electron chi connectivity index (χ1n) is 8.98. The lowest BCUT2D eigenvalue weighted by Crippen LogP contribution is -2.43. The molecule has 0 bridgehead atoms. The molecule has 0 aliphatic carbocycles. The van der Waals surface area contributed by atoms with Gasteiger partial charge in [0, 0.05) is 38.3 Å². The molecule has 150 valence electrons. The number of rotatable bonds is 4. The zero-order chi connectivity index (χ0) is 20.3. The van der Waals surface area contributed by atoms with Crippen LogP contribution in [0, 0.1) is 18.6 Å². The maximum Gasteiger partial charge on any atom is 0.276 e. The molecule has 1 atom stereocenters. The molecule has 2 heterocycles. The molecule has 0 saturated carbocycles. The number of aromatic nitrogens is 1. The summed E-state index contributed by atoms with van der Waals surface area (Å²) in [4.78, 5) is 28.3. The van der Waals surface area contributed by atoms with Gasteiger partial charge in [-0.1, -0.05) is 5.16 Å². The highest BCUT2D eigenvalue weighted by atomic mass is 19.1. The highest BCUT2D eigenvalue weighted by Crippen LogP contribution is 2.20. The van der Waals surface area contributed by atoms with E-state index in [4.69, 9.17) is 9.26 Å². The molecule has 28 heavy (non-hydrogen) atoms. The SMILES string of the molecule is Cc1cc(C(=O)N2CCCN(C(=O)C(C)Oc3ccc(F)cc3F)CC2)no1. The quantitative estimate of drug-likeness (QED) is 0.797. The maximum absolute atomic E-state index is 13.7. The number of benzene rings is 1. The maximum atomic E-state index is 13.7. The van der Waals surface area contributed by atoms with Gasteiger partial charge in [0.05, 0.1) is 0 Å². The van der Waals surface area contributed by atoms with Gasteiger partial charge in [-0.05, 0) is 32.4 Å². The van der Waals surface area contributed by atoms with Crippen LogP contribution >= 0.6 is 0 Å². The zero-order valence-electron chi connectivity index (χ0n) is 15.7. The summed E-state index contributed by atoms with van der Waals surface area (Å²) in [5, 5.41) is 3.74. The average Bonchev–Trinajstić information content (AvgIpc) is 2.95. The number of carbonyl (C=O) groups excluding carboxylic acids is 2. The van der Waals surface area contributed by atoms with Crippen LogP contribution in [0.15, 0.2) is 28.8 Å². The predicted molar refractivity (Wildman–Crippen MR) is 94.8 cm³/mol. The highest BCUT2D eigenvalue weighted by molar-refractivity contribution is 5.92. The Labute approximate surface area is 160 Å². The second-order valence-corrected chi connectivity index (χ2v) is 6.63. The highest BCUT2D eigenvalue weighted by Gasteiger charge is 2.28. The molecule has 2 amide bonds. The van der Waals surface area contributed by atoms with Gasteiger partial charge in [-0.25, -0.2) is 8.78 Å². The van der Waals surface area contributed by atoms with Gasteiger partial charge in [0.2, 0.25) is 0 Å². The van der Waals surface area contributed by atoms with Crippen molar-refractivity contribution in [3.05, 3.63) is 47.4 Å². The van der Waals surface area contributed by atoms with Gasteiger partial charge in [0.15, 0.2) is 23.4 Å². The van der Waals surface area contributed by atoms with Crippen LogP contribution in [0.4, 0.5) is 8.78 Å². The Morgan fingerprint density at radius 3 is 2.54 bits per heavy atom. The van der Waals surface area contributed by atoms with Gasteiger partial charge >= 0.3 is 0 Å². The minimum absolute atomic E-state index is 0.185. The van der Waals surface area contributed by atoms with Gasteiger partial charge in [-0.15, -0.1) is 0 Å². The average molecular weight is 393 g/mol. The Morgan fingerprint density at radius 2 is 1.86 bits per heavy atom. The summed E-state index contributed by atoms with van der Waals surface area (Å²) in [5.41, 5.74) is 0.237. The number of nitrogens with zero attached hydrogens (tertiary/aromatic N) is 3. The second kappa shape index (κ2) is 8.37. The minimum atomic E-state index is -0.944. The molecule has 1 aromatic carbocycles.